The van der Waals surface area contributed by atoms with E-state index in [4.69, 9.17) is 0 Å². The standard InChI is InChI=1S/C21H19F5N4O2/c1-12-9-13(16-10-17(31)14-11-30(32)7-3-15(14)27-16)19(28-18(12)21(24,25)26)29-6-2-4-20(22,23)5-8-29/h3,7,9-11,32H,2,4-6,8H2,1H3. The van der Waals surface area contributed by atoms with Gasteiger partial charge in [0.15, 0.2) is 5.43 Å². The van der Waals surface area contributed by atoms with Crippen molar-refractivity contribution in [2.45, 2.75) is 38.3 Å². The highest BCUT2D eigenvalue weighted by atomic mass is 19.4. The highest BCUT2D eigenvalue weighted by Crippen LogP contribution is 2.39. The van der Waals surface area contributed by atoms with Crippen molar-refractivity contribution in [1.82, 2.24) is 14.7 Å². The molecule has 0 spiro atoms. The van der Waals surface area contributed by atoms with Gasteiger partial charge in [0, 0.05) is 43.8 Å². The van der Waals surface area contributed by atoms with E-state index in [0.717, 1.165) is 6.07 Å². The first kappa shape index (κ1) is 22.0. The Kier molecular flexibility index (Phi) is 5.30. The molecule has 6 nitrogen and oxygen atoms in total. The summed E-state index contributed by atoms with van der Waals surface area (Å²) in [5, 5.41) is 9.53. The Bertz CT molecular complexity index is 1190. The van der Waals surface area contributed by atoms with Gasteiger partial charge in [0.25, 0.3) is 0 Å². The maximum atomic E-state index is 13.9. The van der Waals surface area contributed by atoms with E-state index in [9.17, 15) is 32.0 Å². The van der Waals surface area contributed by atoms with Gasteiger partial charge in [0.1, 0.15) is 11.5 Å². The van der Waals surface area contributed by atoms with E-state index in [-0.39, 0.29) is 59.8 Å². The number of halogens is 5. The predicted octanol–water partition coefficient (Wildman–Crippen LogP) is 4.60. The summed E-state index contributed by atoms with van der Waals surface area (Å²) in [5.74, 6) is -3.05. The van der Waals surface area contributed by atoms with Crippen molar-refractivity contribution in [3.63, 3.8) is 0 Å². The lowest BCUT2D eigenvalue weighted by molar-refractivity contribution is -0.141. The van der Waals surface area contributed by atoms with Crippen LogP contribution >= 0.6 is 0 Å². The zero-order chi connectivity index (χ0) is 23.3. The number of hydrogen-bond donors (Lipinski definition) is 1. The zero-order valence-corrected chi connectivity index (χ0v) is 17.0. The molecular weight excluding hydrogens is 435 g/mol. The molecule has 0 radical (unpaired) electrons. The first-order valence-electron chi connectivity index (χ1n) is 9.89. The van der Waals surface area contributed by atoms with Gasteiger partial charge >= 0.3 is 6.18 Å². The lowest BCUT2D eigenvalue weighted by Crippen LogP contribution is -2.28. The molecule has 4 rings (SSSR count). The van der Waals surface area contributed by atoms with Crippen LogP contribution in [0.15, 0.2) is 35.4 Å². The summed E-state index contributed by atoms with van der Waals surface area (Å²) >= 11 is 0. The molecule has 0 saturated carbocycles. The molecule has 32 heavy (non-hydrogen) atoms. The molecule has 11 heteroatoms. The first-order chi connectivity index (χ1) is 14.9. The van der Waals surface area contributed by atoms with E-state index in [0.29, 0.717) is 4.73 Å². The van der Waals surface area contributed by atoms with Crippen LogP contribution in [-0.4, -0.2) is 38.9 Å². The second kappa shape index (κ2) is 7.72. The van der Waals surface area contributed by atoms with Crippen LogP contribution < -0.4 is 10.3 Å². The van der Waals surface area contributed by atoms with Gasteiger partial charge in [-0.25, -0.2) is 23.5 Å². The zero-order valence-electron chi connectivity index (χ0n) is 17.0. The fraction of sp³-hybridized carbons (Fsp3) is 0.381. The molecule has 0 bridgehead atoms. The number of rotatable bonds is 2. The Morgan fingerprint density at radius 1 is 1.06 bits per heavy atom. The van der Waals surface area contributed by atoms with Crippen LogP contribution in [-0.2, 0) is 6.18 Å². The average molecular weight is 454 g/mol. The average Bonchev–Trinajstić information content (AvgIpc) is 2.87. The van der Waals surface area contributed by atoms with Crippen molar-refractivity contribution < 1.29 is 27.2 Å². The molecule has 0 atom stereocenters. The molecule has 0 unspecified atom stereocenters. The number of fused-ring (bicyclic) bond motifs is 1. The van der Waals surface area contributed by atoms with Gasteiger partial charge in [-0.05, 0) is 31.0 Å². The molecule has 3 aliphatic heterocycles. The number of pyridine rings is 3. The molecule has 0 aliphatic carbocycles. The lowest BCUT2D eigenvalue weighted by Gasteiger charge is -2.26. The predicted molar refractivity (Wildman–Crippen MR) is 106 cm³/mol. The number of nitrogens with zero attached hydrogens (tertiary/aromatic N) is 4. The van der Waals surface area contributed by atoms with E-state index in [2.05, 4.69) is 9.97 Å². The van der Waals surface area contributed by atoms with Crippen LogP contribution in [0.25, 0.3) is 22.5 Å². The molecule has 1 N–H and O–H groups in total. The Balaban J connectivity index is 1.91. The maximum absolute atomic E-state index is 13.9. The van der Waals surface area contributed by atoms with Gasteiger partial charge in [-0.3, -0.25) is 4.79 Å². The number of anilines is 1. The van der Waals surface area contributed by atoms with Gasteiger partial charge in [0.05, 0.1) is 23.1 Å². The minimum absolute atomic E-state index is 0.0773. The summed E-state index contributed by atoms with van der Waals surface area (Å²) in [6.07, 6.45) is -3.11. The second-order valence-corrected chi connectivity index (χ2v) is 7.85. The van der Waals surface area contributed by atoms with E-state index in [1.807, 2.05) is 0 Å². The normalized spacial score (nSPS) is 16.9. The Labute approximate surface area is 179 Å². The fourth-order valence-electron chi connectivity index (χ4n) is 3.86. The van der Waals surface area contributed by atoms with Crippen LogP contribution in [0.3, 0.4) is 0 Å². The topological polar surface area (TPSA) is 71.2 Å². The van der Waals surface area contributed by atoms with Crippen LogP contribution in [0, 0.1) is 6.92 Å². The molecule has 170 valence electrons. The van der Waals surface area contributed by atoms with Crippen molar-refractivity contribution in [3.8, 4) is 22.5 Å². The van der Waals surface area contributed by atoms with Crippen LogP contribution in [0.2, 0.25) is 0 Å². The molecule has 1 aromatic heterocycles. The minimum atomic E-state index is -4.73. The number of aryl methyl sites for hydroxylation is 1. The van der Waals surface area contributed by atoms with E-state index >= 15 is 0 Å². The summed E-state index contributed by atoms with van der Waals surface area (Å²) in [4.78, 5) is 22.2. The van der Waals surface area contributed by atoms with Crippen molar-refractivity contribution in [3.05, 3.63) is 52.1 Å². The summed E-state index contributed by atoms with van der Waals surface area (Å²) in [5.41, 5.74) is -1.22. The molecule has 0 aromatic carbocycles. The Morgan fingerprint density at radius 2 is 1.81 bits per heavy atom. The highest BCUT2D eigenvalue weighted by Gasteiger charge is 2.37. The lowest BCUT2D eigenvalue weighted by atomic mass is 10.0. The largest absolute Gasteiger partial charge is 0.433 e. The molecule has 1 aromatic rings. The minimum Gasteiger partial charge on any atom is -0.429 e. The van der Waals surface area contributed by atoms with Crippen molar-refractivity contribution in [2.75, 3.05) is 18.0 Å². The van der Waals surface area contributed by atoms with E-state index < -0.39 is 29.6 Å². The summed E-state index contributed by atoms with van der Waals surface area (Å²) in [7, 11) is 0. The van der Waals surface area contributed by atoms with Gasteiger partial charge in [-0.15, -0.1) is 0 Å². The van der Waals surface area contributed by atoms with Crippen LogP contribution in [0.5, 0.6) is 0 Å². The molecule has 1 saturated heterocycles. The van der Waals surface area contributed by atoms with Crippen LogP contribution in [0.1, 0.15) is 30.5 Å². The third kappa shape index (κ3) is 4.23. The quantitative estimate of drug-likeness (QED) is 0.453. The second-order valence-electron chi connectivity index (χ2n) is 7.85. The van der Waals surface area contributed by atoms with Crippen molar-refractivity contribution >= 4 is 5.82 Å². The van der Waals surface area contributed by atoms with Crippen molar-refractivity contribution in [1.29, 1.82) is 0 Å². The van der Waals surface area contributed by atoms with Gasteiger partial charge in [-0.1, -0.05) is 0 Å². The molecule has 4 heterocycles. The van der Waals surface area contributed by atoms with Crippen LogP contribution in [0.4, 0.5) is 27.8 Å². The third-order valence-corrected chi connectivity index (χ3v) is 5.45. The Morgan fingerprint density at radius 3 is 2.53 bits per heavy atom. The molecule has 0 amide bonds. The summed E-state index contributed by atoms with van der Waals surface area (Å²) in [6.45, 7) is 1.15. The SMILES string of the molecule is Cc1cc(-c2cc(=O)c3cn(O)ccc-3n2)c(N2CCCC(F)(F)CC2)nc1C(F)(F)F. The monoisotopic (exact) mass is 454 g/mol. The molecular formula is C21H19F5N4O2. The Hall–Kier alpha value is -3.24. The van der Waals surface area contributed by atoms with E-state index in [1.165, 1.54) is 36.4 Å². The van der Waals surface area contributed by atoms with Gasteiger partial charge < -0.3 is 10.1 Å². The number of hydrogen-bond acceptors (Lipinski definition) is 5. The number of alkyl halides is 5. The smallest absolute Gasteiger partial charge is 0.429 e. The van der Waals surface area contributed by atoms with Gasteiger partial charge in [-0.2, -0.15) is 13.2 Å². The van der Waals surface area contributed by atoms with Gasteiger partial charge in [0.2, 0.25) is 5.92 Å². The van der Waals surface area contributed by atoms with Crippen molar-refractivity contribution in [2.24, 2.45) is 0 Å². The fourth-order valence-corrected chi connectivity index (χ4v) is 3.86. The molecule has 3 aliphatic rings. The van der Waals surface area contributed by atoms with E-state index in [1.54, 1.807) is 0 Å². The molecule has 1 fully saturated rings. The summed E-state index contributed by atoms with van der Waals surface area (Å²) in [6, 6.07) is 3.76. The maximum Gasteiger partial charge on any atom is 0.433 e. The number of aromatic nitrogens is 3. The third-order valence-electron chi connectivity index (χ3n) is 5.45. The summed E-state index contributed by atoms with van der Waals surface area (Å²) < 4.78 is 69.1. The first-order valence-corrected chi connectivity index (χ1v) is 9.89. The highest BCUT2D eigenvalue weighted by molar-refractivity contribution is 5.77.